The van der Waals surface area contributed by atoms with Crippen LogP contribution in [0.5, 0.6) is 5.75 Å². The van der Waals surface area contributed by atoms with E-state index in [1.807, 2.05) is 35.2 Å². The molecule has 0 spiro atoms. The minimum atomic E-state index is -2.57. The number of para-hydroxylation sites is 1. The maximum atomic E-state index is 13.3. The van der Waals surface area contributed by atoms with Gasteiger partial charge in [-0.15, -0.1) is 0 Å². The molecule has 17 heteroatoms. The van der Waals surface area contributed by atoms with Crippen molar-refractivity contribution in [3.8, 4) is 17.6 Å². The Morgan fingerprint density at radius 2 is 1.74 bits per heavy atom. The van der Waals surface area contributed by atoms with E-state index in [0.29, 0.717) is 77.5 Å². The zero-order valence-electron chi connectivity index (χ0n) is 37.3. The summed E-state index contributed by atoms with van der Waals surface area (Å²) >= 11 is 6.53. The summed E-state index contributed by atoms with van der Waals surface area (Å²) in [6.45, 7) is 10.7. The lowest BCUT2D eigenvalue weighted by molar-refractivity contribution is -0.137. The number of aryl methyl sites for hydroxylation is 1. The van der Waals surface area contributed by atoms with Crippen molar-refractivity contribution in [1.29, 1.82) is 0 Å². The summed E-state index contributed by atoms with van der Waals surface area (Å²) in [7, 11) is -0.915. The van der Waals surface area contributed by atoms with E-state index in [9.17, 15) is 23.7 Å². The van der Waals surface area contributed by atoms with Crippen LogP contribution in [0.15, 0.2) is 60.8 Å². The van der Waals surface area contributed by atoms with E-state index in [4.69, 9.17) is 16.3 Å². The number of rotatable bonds is 12. The van der Waals surface area contributed by atoms with Crippen LogP contribution < -0.4 is 30.9 Å². The number of benzene rings is 3. The highest BCUT2D eigenvalue weighted by Crippen LogP contribution is 2.40. The third kappa shape index (κ3) is 10.2. The van der Waals surface area contributed by atoms with Gasteiger partial charge in [0, 0.05) is 99.3 Å². The Morgan fingerprint density at radius 3 is 2.46 bits per heavy atom. The number of carbonyl (C=O) groups excluding carboxylic acids is 4. The minimum absolute atomic E-state index is 0.0942. The van der Waals surface area contributed by atoms with E-state index in [-0.39, 0.29) is 30.7 Å². The summed E-state index contributed by atoms with van der Waals surface area (Å²) in [5.74, 6) is 6.83. The van der Waals surface area contributed by atoms with Crippen molar-refractivity contribution in [2.24, 2.45) is 0 Å². The normalized spacial score (nSPS) is 18.2. The van der Waals surface area contributed by atoms with Crippen molar-refractivity contribution in [3.05, 3.63) is 88.1 Å². The number of aromatic nitrogens is 2. The first kappa shape index (κ1) is 45.6. The average molecular weight is 920 g/mol. The number of amides is 4. The smallest absolute Gasteiger partial charge is 0.255 e. The summed E-state index contributed by atoms with van der Waals surface area (Å²) in [6.07, 6.45) is 5.60. The van der Waals surface area contributed by atoms with E-state index in [1.165, 1.54) is 16.7 Å². The molecule has 4 amide bonds. The van der Waals surface area contributed by atoms with Gasteiger partial charge in [-0.2, -0.15) is 4.98 Å². The van der Waals surface area contributed by atoms with Crippen molar-refractivity contribution in [3.63, 3.8) is 0 Å². The van der Waals surface area contributed by atoms with Crippen LogP contribution in [-0.2, 0) is 31.9 Å². The molecule has 0 saturated carbocycles. The molecule has 0 aliphatic carbocycles. The lowest BCUT2D eigenvalue weighted by Crippen LogP contribution is -2.54. The van der Waals surface area contributed by atoms with E-state index < -0.39 is 19.1 Å². The van der Waals surface area contributed by atoms with Crippen molar-refractivity contribution >= 4 is 76.5 Å². The highest BCUT2D eigenvalue weighted by Gasteiger charge is 2.40. The summed E-state index contributed by atoms with van der Waals surface area (Å²) in [5, 5.41) is 9.98. The molecule has 3 fully saturated rings. The van der Waals surface area contributed by atoms with Crippen LogP contribution in [-0.4, -0.2) is 120 Å². The number of hydrogen-bond donors (Lipinski definition) is 3. The molecule has 65 heavy (non-hydrogen) atoms. The Bertz CT molecular complexity index is 2610. The Balaban J connectivity index is 0.822. The zero-order valence-corrected chi connectivity index (χ0v) is 38.9. The van der Waals surface area contributed by atoms with Gasteiger partial charge in [0.1, 0.15) is 24.0 Å². The van der Waals surface area contributed by atoms with E-state index in [2.05, 4.69) is 66.6 Å². The molecule has 3 saturated heterocycles. The number of methoxy groups -OCH3 is 1. The molecule has 1 aromatic heterocycles. The monoisotopic (exact) mass is 919 g/mol. The second kappa shape index (κ2) is 19.7. The molecule has 1 atom stereocenters. The average Bonchev–Trinajstić information content (AvgIpc) is 3.64. The molecule has 5 heterocycles. The molecule has 340 valence electrons. The molecule has 0 bridgehead atoms. The van der Waals surface area contributed by atoms with Crippen molar-refractivity contribution < 1.29 is 28.5 Å². The number of piperidine rings is 2. The number of anilines is 5. The Labute approximate surface area is 385 Å². The maximum absolute atomic E-state index is 13.3. The number of piperazine rings is 1. The van der Waals surface area contributed by atoms with Gasteiger partial charge < -0.3 is 34.6 Å². The van der Waals surface area contributed by atoms with Gasteiger partial charge >= 0.3 is 0 Å². The summed E-state index contributed by atoms with van der Waals surface area (Å²) < 4.78 is 18.9. The van der Waals surface area contributed by atoms with Gasteiger partial charge in [-0.05, 0) is 80.5 Å². The van der Waals surface area contributed by atoms with E-state index in [1.54, 1.807) is 32.6 Å². The molecule has 0 radical (unpaired) electrons. The lowest BCUT2D eigenvalue weighted by atomic mass is 9.99. The largest absolute Gasteiger partial charge is 0.494 e. The predicted octanol–water partition coefficient (Wildman–Crippen LogP) is 6.14. The van der Waals surface area contributed by atoms with Crippen LogP contribution in [0.2, 0.25) is 5.02 Å². The molecular weight excluding hydrogens is 865 g/mol. The second-order valence-electron chi connectivity index (χ2n) is 17.2. The number of hydrogen-bond acceptors (Lipinski definition) is 12. The van der Waals surface area contributed by atoms with Gasteiger partial charge in [0.2, 0.25) is 23.7 Å². The molecule has 8 rings (SSSR count). The Kier molecular flexibility index (Phi) is 13.8. The maximum Gasteiger partial charge on any atom is 0.255 e. The minimum Gasteiger partial charge on any atom is -0.494 e. The second-order valence-corrected chi connectivity index (χ2v) is 20.8. The molecule has 4 aromatic rings. The number of carbonyl (C=O) groups is 4. The SMILES string of the molecule is CCc1cc(Nc2ncc(Cl)c(Nc3ccccc3P(C)(C)=O)n2)c(OC)cc1N1CCC(N2CCN(C(=O)CCC#Cc3cccc4c3CN(C3CCC(=O)NC3=O)C4=O)CC2)CC1. The van der Waals surface area contributed by atoms with Crippen molar-refractivity contribution in [1.82, 2.24) is 30.0 Å². The molecule has 15 nitrogen and oxygen atoms in total. The first-order valence-electron chi connectivity index (χ1n) is 22.3. The molecule has 4 aliphatic heterocycles. The van der Waals surface area contributed by atoms with Crippen LogP contribution in [0.4, 0.5) is 28.8 Å². The Morgan fingerprint density at radius 1 is 0.969 bits per heavy atom. The van der Waals surface area contributed by atoms with Gasteiger partial charge in [-0.1, -0.05) is 48.6 Å². The Hall–Kier alpha value is -5.94. The van der Waals surface area contributed by atoms with Gasteiger partial charge in [0.15, 0.2) is 5.82 Å². The molecular formula is C48H55ClN9O6P. The van der Waals surface area contributed by atoms with Crippen LogP contribution in [0, 0.1) is 11.8 Å². The van der Waals surface area contributed by atoms with E-state index in [0.717, 1.165) is 67.9 Å². The molecule has 4 aliphatic rings. The standard InChI is InChI=1S/C48H55ClN9O6P/c1-5-31-27-38(52-48-50-29-36(49)45(54-48)51-37-14-7-8-15-42(37)65(3,4)63)41(64-2)28-40(31)56-21-19-33(20-22-56)55-23-25-57(26-24-55)44(60)16-9-6-11-32-12-10-13-34-35(32)30-58(47(34)62)39-17-18-43(59)53-46(39)61/h7-8,10,12-15,27-29,33,39H,5,9,16-26,30H2,1-4H3,(H,53,59,61)(H2,50,51,52,54). The van der Waals surface area contributed by atoms with Crippen molar-refractivity contribution in [2.45, 2.75) is 70.5 Å². The van der Waals surface area contributed by atoms with E-state index >= 15 is 0 Å². The first-order chi connectivity index (χ1) is 31.3. The van der Waals surface area contributed by atoms with Gasteiger partial charge in [0.25, 0.3) is 5.91 Å². The van der Waals surface area contributed by atoms with Gasteiger partial charge in [-0.25, -0.2) is 4.98 Å². The number of halogens is 1. The molecule has 1 unspecified atom stereocenters. The third-order valence-electron chi connectivity index (χ3n) is 12.8. The predicted molar refractivity (Wildman–Crippen MR) is 253 cm³/mol. The number of nitrogens with zero attached hydrogens (tertiary/aromatic N) is 6. The third-order valence-corrected chi connectivity index (χ3v) is 14.6. The first-order valence-corrected chi connectivity index (χ1v) is 25.2. The number of imide groups is 1. The van der Waals surface area contributed by atoms with Crippen LogP contribution in [0.1, 0.15) is 72.5 Å². The summed E-state index contributed by atoms with van der Waals surface area (Å²) in [4.78, 5) is 68.1. The van der Waals surface area contributed by atoms with Gasteiger partial charge in [-0.3, -0.25) is 29.4 Å². The number of ether oxygens (including phenoxy) is 1. The fourth-order valence-corrected chi connectivity index (χ4v) is 10.6. The quantitative estimate of drug-likeness (QED) is 0.0845. The fraction of sp³-hybridized carbons (Fsp3) is 0.417. The number of fused-ring (bicyclic) bond motifs is 1. The van der Waals surface area contributed by atoms with Crippen LogP contribution in [0.3, 0.4) is 0 Å². The number of nitrogens with one attached hydrogen (secondary N) is 3. The fourth-order valence-electron chi connectivity index (χ4n) is 9.27. The summed E-state index contributed by atoms with van der Waals surface area (Å²) in [5.41, 5.74) is 5.75. The topological polar surface area (TPSA) is 169 Å². The van der Waals surface area contributed by atoms with Crippen LogP contribution in [0.25, 0.3) is 0 Å². The molecule has 3 aromatic carbocycles. The summed E-state index contributed by atoms with van der Waals surface area (Å²) in [6, 6.07) is 16.8. The highest BCUT2D eigenvalue weighted by molar-refractivity contribution is 7.70. The lowest BCUT2D eigenvalue weighted by Gasteiger charge is -2.43. The van der Waals surface area contributed by atoms with Gasteiger partial charge in [0.05, 0.1) is 24.7 Å². The van der Waals surface area contributed by atoms with Crippen LogP contribution >= 0.6 is 18.7 Å². The van der Waals surface area contributed by atoms with Crippen molar-refractivity contribution in [2.75, 3.05) is 75.2 Å². The highest BCUT2D eigenvalue weighted by atomic mass is 35.5. The molecule has 3 N–H and O–H groups in total. The zero-order chi connectivity index (χ0) is 45.8.